The molecule has 7 heteroatoms. The molecule has 0 aliphatic heterocycles. The summed E-state index contributed by atoms with van der Waals surface area (Å²) in [6.07, 6.45) is 0. The van der Waals surface area contributed by atoms with Gasteiger partial charge in [0.15, 0.2) is 6.61 Å². The molecule has 0 aliphatic rings. The van der Waals surface area contributed by atoms with E-state index in [0.717, 1.165) is 0 Å². The highest BCUT2D eigenvalue weighted by Gasteiger charge is 2.24. The van der Waals surface area contributed by atoms with E-state index in [-0.39, 0.29) is 11.3 Å². The van der Waals surface area contributed by atoms with Crippen LogP contribution in [0.5, 0.6) is 0 Å². The van der Waals surface area contributed by atoms with Crippen LogP contribution in [0.2, 0.25) is 0 Å². The van der Waals surface area contributed by atoms with Gasteiger partial charge in [-0.1, -0.05) is 12.1 Å². The number of esters is 1. The summed E-state index contributed by atoms with van der Waals surface area (Å²) >= 11 is 0. The molecule has 0 aliphatic carbocycles. The summed E-state index contributed by atoms with van der Waals surface area (Å²) in [5.74, 6) is -1.36. The number of nitro groups is 1. The highest BCUT2D eigenvalue weighted by Crippen LogP contribution is 2.23. The van der Waals surface area contributed by atoms with Crippen molar-refractivity contribution in [3.05, 3.63) is 39.4 Å². The molecule has 1 rings (SSSR count). The maximum atomic E-state index is 11.9. The molecule has 0 spiro atoms. The first kappa shape index (κ1) is 16.6. The van der Waals surface area contributed by atoms with Gasteiger partial charge in [0.05, 0.1) is 4.92 Å². The third-order valence-corrected chi connectivity index (χ3v) is 2.49. The number of nitro benzene ring substituents is 1. The van der Waals surface area contributed by atoms with Crippen LogP contribution < -0.4 is 5.32 Å². The van der Waals surface area contributed by atoms with Gasteiger partial charge in [0.1, 0.15) is 5.56 Å². The van der Waals surface area contributed by atoms with E-state index in [0.29, 0.717) is 5.56 Å². The van der Waals surface area contributed by atoms with Crippen LogP contribution in [0, 0.1) is 17.0 Å². The second-order valence-electron chi connectivity index (χ2n) is 5.60. The Morgan fingerprint density at radius 2 is 1.95 bits per heavy atom. The minimum Gasteiger partial charge on any atom is -0.452 e. The smallest absolute Gasteiger partial charge is 0.345 e. The Kier molecular flexibility index (Phi) is 5.02. The molecule has 21 heavy (non-hydrogen) atoms. The zero-order chi connectivity index (χ0) is 16.2. The standard InChI is InChI=1S/C14H18N2O5/c1-9-6-5-7-10(12(9)16(19)20)13(18)21-8-11(17)15-14(2,3)4/h5-7H,8H2,1-4H3,(H,15,17). The molecule has 0 heterocycles. The highest BCUT2D eigenvalue weighted by molar-refractivity contribution is 5.95. The Balaban J connectivity index is 2.80. The maximum absolute atomic E-state index is 11.9. The first-order valence-corrected chi connectivity index (χ1v) is 6.34. The van der Waals surface area contributed by atoms with Crippen molar-refractivity contribution in [3.8, 4) is 0 Å². The molecule has 1 aromatic carbocycles. The van der Waals surface area contributed by atoms with E-state index in [2.05, 4.69) is 5.32 Å². The monoisotopic (exact) mass is 294 g/mol. The fourth-order valence-corrected chi connectivity index (χ4v) is 1.73. The van der Waals surface area contributed by atoms with Gasteiger partial charge in [0, 0.05) is 11.1 Å². The SMILES string of the molecule is Cc1cccc(C(=O)OCC(=O)NC(C)(C)C)c1[N+](=O)[O-]. The van der Waals surface area contributed by atoms with E-state index in [4.69, 9.17) is 4.74 Å². The molecule has 0 unspecified atom stereocenters. The largest absolute Gasteiger partial charge is 0.452 e. The molecule has 1 N–H and O–H groups in total. The first-order chi connectivity index (χ1) is 9.61. The molecule has 114 valence electrons. The molecule has 0 aromatic heterocycles. The zero-order valence-electron chi connectivity index (χ0n) is 12.4. The van der Waals surface area contributed by atoms with Crippen molar-refractivity contribution < 1.29 is 19.2 Å². The minimum atomic E-state index is -0.894. The van der Waals surface area contributed by atoms with Gasteiger partial charge in [-0.2, -0.15) is 0 Å². The average molecular weight is 294 g/mol. The molecule has 1 amide bonds. The van der Waals surface area contributed by atoms with Crippen LogP contribution in [0.25, 0.3) is 0 Å². The lowest BCUT2D eigenvalue weighted by atomic mass is 10.1. The molecule has 0 bridgehead atoms. The van der Waals surface area contributed by atoms with Gasteiger partial charge in [0.2, 0.25) is 0 Å². The molecule has 0 radical (unpaired) electrons. The number of amides is 1. The van der Waals surface area contributed by atoms with Crippen LogP contribution in [-0.2, 0) is 9.53 Å². The number of rotatable bonds is 4. The third-order valence-electron chi connectivity index (χ3n) is 2.49. The number of hydrogen-bond donors (Lipinski definition) is 1. The molecule has 0 saturated carbocycles. The number of benzene rings is 1. The quantitative estimate of drug-likeness (QED) is 0.520. The molecular formula is C14H18N2O5. The molecule has 0 saturated heterocycles. The number of aryl methyl sites for hydroxylation is 1. The summed E-state index contributed by atoms with van der Waals surface area (Å²) in [6.45, 7) is 6.41. The predicted molar refractivity (Wildman–Crippen MR) is 76.0 cm³/mol. The summed E-state index contributed by atoms with van der Waals surface area (Å²) in [6, 6.07) is 4.35. The van der Waals surface area contributed by atoms with E-state index in [1.807, 2.05) is 0 Å². The van der Waals surface area contributed by atoms with Crippen LogP contribution in [0.4, 0.5) is 5.69 Å². The molecule has 0 atom stereocenters. The fraction of sp³-hybridized carbons (Fsp3) is 0.429. The van der Waals surface area contributed by atoms with Crippen molar-refractivity contribution >= 4 is 17.6 Å². The summed E-state index contributed by atoms with van der Waals surface area (Å²) in [5.41, 5.74) is -0.561. The number of para-hydroxylation sites is 1. The third kappa shape index (κ3) is 4.87. The summed E-state index contributed by atoms with van der Waals surface area (Å²) < 4.78 is 4.83. The molecule has 7 nitrogen and oxygen atoms in total. The number of ether oxygens (including phenoxy) is 1. The van der Waals surface area contributed by atoms with Gasteiger partial charge in [0.25, 0.3) is 11.6 Å². The van der Waals surface area contributed by atoms with Crippen molar-refractivity contribution in [1.82, 2.24) is 5.32 Å². The number of nitrogens with zero attached hydrogens (tertiary/aromatic N) is 1. The van der Waals surface area contributed by atoms with Gasteiger partial charge in [-0.25, -0.2) is 4.79 Å². The van der Waals surface area contributed by atoms with Gasteiger partial charge in [-0.05, 0) is 33.8 Å². The number of hydrogen-bond acceptors (Lipinski definition) is 5. The summed E-state index contributed by atoms with van der Waals surface area (Å²) in [5, 5.41) is 13.6. The van der Waals surface area contributed by atoms with Crippen LogP contribution in [0.15, 0.2) is 18.2 Å². The molecule has 0 fully saturated rings. The van der Waals surface area contributed by atoms with Gasteiger partial charge in [-0.3, -0.25) is 14.9 Å². The maximum Gasteiger partial charge on any atom is 0.345 e. The Morgan fingerprint density at radius 1 is 1.33 bits per heavy atom. The van der Waals surface area contributed by atoms with Crippen LogP contribution in [0.1, 0.15) is 36.7 Å². The summed E-state index contributed by atoms with van der Waals surface area (Å²) in [7, 11) is 0. The number of carbonyl (C=O) groups is 2. The predicted octanol–water partition coefficient (Wildman–Crippen LogP) is 1.97. The van der Waals surface area contributed by atoms with Crippen LogP contribution >= 0.6 is 0 Å². The van der Waals surface area contributed by atoms with Crippen LogP contribution in [-0.4, -0.2) is 28.9 Å². The Hall–Kier alpha value is -2.44. The topological polar surface area (TPSA) is 98.5 Å². The van der Waals surface area contributed by atoms with E-state index < -0.39 is 28.9 Å². The Bertz CT molecular complexity index is 575. The zero-order valence-corrected chi connectivity index (χ0v) is 12.4. The lowest BCUT2D eigenvalue weighted by molar-refractivity contribution is -0.385. The van der Waals surface area contributed by atoms with Crippen molar-refractivity contribution in [1.29, 1.82) is 0 Å². The second-order valence-corrected chi connectivity index (χ2v) is 5.60. The Labute approximate surface area is 122 Å². The molecular weight excluding hydrogens is 276 g/mol. The van der Waals surface area contributed by atoms with Crippen molar-refractivity contribution in [2.45, 2.75) is 33.2 Å². The van der Waals surface area contributed by atoms with Crippen LogP contribution in [0.3, 0.4) is 0 Å². The molecule has 1 aromatic rings. The second kappa shape index (κ2) is 6.34. The van der Waals surface area contributed by atoms with E-state index in [1.165, 1.54) is 25.1 Å². The van der Waals surface area contributed by atoms with Gasteiger partial charge < -0.3 is 10.1 Å². The normalized spacial score (nSPS) is 10.9. The minimum absolute atomic E-state index is 0.163. The van der Waals surface area contributed by atoms with Crippen molar-refractivity contribution in [3.63, 3.8) is 0 Å². The van der Waals surface area contributed by atoms with E-state index >= 15 is 0 Å². The van der Waals surface area contributed by atoms with Crippen molar-refractivity contribution in [2.24, 2.45) is 0 Å². The van der Waals surface area contributed by atoms with E-state index in [1.54, 1.807) is 20.8 Å². The number of nitrogens with one attached hydrogen (secondary N) is 1. The average Bonchev–Trinajstić information content (AvgIpc) is 2.33. The van der Waals surface area contributed by atoms with Gasteiger partial charge >= 0.3 is 5.97 Å². The van der Waals surface area contributed by atoms with Crippen molar-refractivity contribution in [2.75, 3.05) is 6.61 Å². The van der Waals surface area contributed by atoms with Gasteiger partial charge in [-0.15, -0.1) is 0 Å². The Morgan fingerprint density at radius 3 is 2.48 bits per heavy atom. The highest BCUT2D eigenvalue weighted by atomic mass is 16.6. The fourth-order valence-electron chi connectivity index (χ4n) is 1.73. The number of carbonyl (C=O) groups excluding carboxylic acids is 2. The lowest BCUT2D eigenvalue weighted by Crippen LogP contribution is -2.42. The lowest BCUT2D eigenvalue weighted by Gasteiger charge is -2.20. The summed E-state index contributed by atoms with van der Waals surface area (Å²) in [4.78, 5) is 33.8. The first-order valence-electron chi connectivity index (χ1n) is 6.34. The van der Waals surface area contributed by atoms with E-state index in [9.17, 15) is 19.7 Å².